The lowest BCUT2D eigenvalue weighted by atomic mass is 9.99. The number of carbonyl (C=O) groups is 2. The van der Waals surface area contributed by atoms with Crippen LogP contribution in [0.5, 0.6) is 0 Å². The molecule has 3 rings (SSSR count). The Bertz CT molecular complexity index is 861. The van der Waals surface area contributed by atoms with Crippen LogP contribution in [0.15, 0.2) is 54.6 Å². The van der Waals surface area contributed by atoms with Crippen LogP contribution in [-0.4, -0.2) is 47.7 Å². The second kappa shape index (κ2) is 11.1. The summed E-state index contributed by atoms with van der Waals surface area (Å²) in [6.45, 7) is 0.675. The molecule has 2 heterocycles. The monoisotopic (exact) mass is 427 g/mol. The summed E-state index contributed by atoms with van der Waals surface area (Å²) in [5.41, 5.74) is 1.09. The quantitative estimate of drug-likeness (QED) is 0.485. The van der Waals surface area contributed by atoms with Gasteiger partial charge in [-0.25, -0.2) is 4.79 Å². The van der Waals surface area contributed by atoms with Gasteiger partial charge in [0.2, 0.25) is 5.91 Å². The third kappa shape index (κ3) is 6.28. The first kappa shape index (κ1) is 22.2. The van der Waals surface area contributed by atoms with Gasteiger partial charge in [0.1, 0.15) is 4.88 Å². The fourth-order valence-electron chi connectivity index (χ4n) is 3.76. The Morgan fingerprint density at radius 2 is 2.10 bits per heavy atom. The second-order valence-electron chi connectivity index (χ2n) is 7.55. The molecule has 1 aromatic heterocycles. The minimum absolute atomic E-state index is 0.0330. The number of aliphatic hydroxyl groups is 1. The number of nitrogens with zero attached hydrogens (tertiary/aromatic N) is 1. The summed E-state index contributed by atoms with van der Waals surface area (Å²) in [6, 6.07) is 13.7. The molecule has 2 atom stereocenters. The van der Waals surface area contributed by atoms with Gasteiger partial charge in [0, 0.05) is 24.3 Å². The molecule has 0 aliphatic carbocycles. The second-order valence-corrected chi connectivity index (χ2v) is 8.72. The number of likely N-dealkylation sites (tertiary alicyclic amines) is 1. The standard InChI is InChI=1S/C24H29NO4S/c1-29-24(28)22-15-14-21(30-22)10-6-16-25-19(9-5-11-23(25)27)12-13-20(26)17-18-7-3-2-4-8-18/h2-4,7-8,12-15,19-20,26H,5-6,9-11,16-17H2,1H3/b13-12+/t19-,20-/m1/s1. The van der Waals surface area contributed by atoms with Gasteiger partial charge in [0.15, 0.2) is 0 Å². The van der Waals surface area contributed by atoms with Crippen LogP contribution in [0.25, 0.3) is 0 Å². The fraction of sp³-hybridized carbons (Fsp3) is 0.417. The highest BCUT2D eigenvalue weighted by atomic mass is 32.1. The van der Waals surface area contributed by atoms with Crippen molar-refractivity contribution in [2.75, 3.05) is 13.7 Å². The molecule has 1 amide bonds. The summed E-state index contributed by atoms with van der Waals surface area (Å²) in [5.74, 6) is -0.133. The van der Waals surface area contributed by atoms with Gasteiger partial charge in [-0.1, -0.05) is 42.5 Å². The van der Waals surface area contributed by atoms with Crippen LogP contribution in [0.1, 0.15) is 45.8 Å². The molecule has 1 fully saturated rings. The number of thiophene rings is 1. The van der Waals surface area contributed by atoms with E-state index in [1.165, 1.54) is 18.4 Å². The Labute approximate surface area is 182 Å². The van der Waals surface area contributed by atoms with E-state index in [2.05, 4.69) is 0 Å². The minimum Gasteiger partial charge on any atom is -0.465 e. The van der Waals surface area contributed by atoms with E-state index in [-0.39, 0.29) is 17.9 Å². The molecule has 160 valence electrons. The topological polar surface area (TPSA) is 66.8 Å². The zero-order chi connectivity index (χ0) is 21.3. The van der Waals surface area contributed by atoms with E-state index in [1.807, 2.05) is 53.5 Å². The highest BCUT2D eigenvalue weighted by molar-refractivity contribution is 7.13. The predicted molar refractivity (Wildman–Crippen MR) is 119 cm³/mol. The molecule has 2 aromatic rings. The van der Waals surface area contributed by atoms with Crippen molar-refractivity contribution in [3.8, 4) is 0 Å². The predicted octanol–water partition coefficient (Wildman–Crippen LogP) is 4.01. The Hall–Kier alpha value is -2.44. The number of rotatable bonds is 9. The van der Waals surface area contributed by atoms with Crippen LogP contribution < -0.4 is 0 Å². The number of piperidine rings is 1. The smallest absolute Gasteiger partial charge is 0.348 e. The summed E-state index contributed by atoms with van der Waals surface area (Å²) < 4.78 is 4.75. The van der Waals surface area contributed by atoms with Gasteiger partial charge in [-0.05, 0) is 43.4 Å². The van der Waals surface area contributed by atoms with E-state index < -0.39 is 6.10 Å². The summed E-state index contributed by atoms with van der Waals surface area (Å²) in [4.78, 5) is 27.7. The van der Waals surface area contributed by atoms with Gasteiger partial charge in [-0.2, -0.15) is 0 Å². The maximum absolute atomic E-state index is 12.5. The zero-order valence-corrected chi connectivity index (χ0v) is 18.1. The fourth-order valence-corrected chi connectivity index (χ4v) is 4.73. The number of carbonyl (C=O) groups excluding carboxylic acids is 2. The number of hydrogen-bond acceptors (Lipinski definition) is 5. The molecule has 0 bridgehead atoms. The molecule has 6 heteroatoms. The first-order valence-electron chi connectivity index (χ1n) is 10.4. The van der Waals surface area contributed by atoms with Gasteiger partial charge in [-0.15, -0.1) is 11.3 Å². The first-order valence-corrected chi connectivity index (χ1v) is 11.3. The number of benzene rings is 1. The van der Waals surface area contributed by atoms with Crippen molar-refractivity contribution >= 4 is 23.2 Å². The lowest BCUT2D eigenvalue weighted by molar-refractivity contribution is -0.135. The molecule has 0 radical (unpaired) electrons. The molecule has 5 nitrogen and oxygen atoms in total. The maximum Gasteiger partial charge on any atom is 0.348 e. The van der Waals surface area contributed by atoms with E-state index in [1.54, 1.807) is 6.07 Å². The largest absolute Gasteiger partial charge is 0.465 e. The van der Waals surface area contributed by atoms with Crippen LogP contribution in [0.2, 0.25) is 0 Å². The molecule has 1 saturated heterocycles. The Kier molecular flexibility index (Phi) is 8.22. The molecule has 1 aliphatic heterocycles. The molecule has 1 N–H and O–H groups in total. The van der Waals surface area contributed by atoms with Crippen LogP contribution in [0.3, 0.4) is 0 Å². The number of amides is 1. The van der Waals surface area contributed by atoms with Gasteiger partial charge in [0.05, 0.1) is 19.3 Å². The summed E-state index contributed by atoms with van der Waals surface area (Å²) >= 11 is 1.44. The van der Waals surface area contributed by atoms with Crippen LogP contribution in [0.4, 0.5) is 0 Å². The molecule has 30 heavy (non-hydrogen) atoms. The van der Waals surface area contributed by atoms with Crippen molar-refractivity contribution in [1.82, 2.24) is 4.90 Å². The number of esters is 1. The van der Waals surface area contributed by atoms with Crippen molar-refractivity contribution < 1.29 is 19.4 Å². The Morgan fingerprint density at radius 1 is 1.30 bits per heavy atom. The maximum atomic E-state index is 12.5. The van der Waals surface area contributed by atoms with Crippen LogP contribution in [-0.2, 0) is 22.4 Å². The van der Waals surface area contributed by atoms with Crippen molar-refractivity contribution in [2.24, 2.45) is 0 Å². The SMILES string of the molecule is COC(=O)c1ccc(CCCN2C(=O)CCC[C@@H]2/C=C/[C@@H](O)Cc2ccccc2)s1. The highest BCUT2D eigenvalue weighted by Crippen LogP contribution is 2.22. The number of aryl methyl sites for hydroxylation is 1. The molecule has 0 spiro atoms. The van der Waals surface area contributed by atoms with Crippen molar-refractivity contribution in [3.05, 3.63) is 69.9 Å². The summed E-state index contributed by atoms with van der Waals surface area (Å²) in [5, 5.41) is 10.4. The van der Waals surface area contributed by atoms with Crippen molar-refractivity contribution in [1.29, 1.82) is 0 Å². The molecular weight excluding hydrogens is 398 g/mol. The lowest BCUT2D eigenvalue weighted by Crippen LogP contribution is -2.43. The average Bonchev–Trinajstić information content (AvgIpc) is 3.23. The van der Waals surface area contributed by atoms with Crippen LogP contribution >= 0.6 is 11.3 Å². The van der Waals surface area contributed by atoms with E-state index in [9.17, 15) is 14.7 Å². The first-order chi connectivity index (χ1) is 14.6. The van der Waals surface area contributed by atoms with Gasteiger partial charge >= 0.3 is 5.97 Å². The number of ether oxygens (including phenoxy) is 1. The number of aliphatic hydroxyl groups excluding tert-OH is 1. The minimum atomic E-state index is -0.561. The summed E-state index contributed by atoms with van der Waals surface area (Å²) in [7, 11) is 1.38. The number of hydrogen-bond donors (Lipinski definition) is 1. The Balaban J connectivity index is 1.53. The number of methoxy groups -OCH3 is 1. The third-order valence-electron chi connectivity index (χ3n) is 5.32. The van der Waals surface area contributed by atoms with Gasteiger partial charge in [-0.3, -0.25) is 4.79 Å². The lowest BCUT2D eigenvalue weighted by Gasteiger charge is -2.34. The third-order valence-corrected chi connectivity index (χ3v) is 6.45. The highest BCUT2D eigenvalue weighted by Gasteiger charge is 2.26. The van der Waals surface area contributed by atoms with E-state index in [0.29, 0.717) is 24.3 Å². The molecule has 0 unspecified atom stereocenters. The molecule has 1 aromatic carbocycles. The normalized spacial score (nSPS) is 18.0. The molecular formula is C24H29NO4S. The van der Waals surface area contributed by atoms with E-state index in [0.717, 1.165) is 36.1 Å². The van der Waals surface area contributed by atoms with Crippen molar-refractivity contribution in [3.63, 3.8) is 0 Å². The zero-order valence-electron chi connectivity index (χ0n) is 17.3. The average molecular weight is 428 g/mol. The molecule has 0 saturated carbocycles. The van der Waals surface area contributed by atoms with Gasteiger partial charge in [0.25, 0.3) is 0 Å². The Morgan fingerprint density at radius 3 is 2.87 bits per heavy atom. The molecule has 1 aliphatic rings. The summed E-state index contributed by atoms with van der Waals surface area (Å²) in [6.07, 6.45) is 7.87. The van der Waals surface area contributed by atoms with Crippen molar-refractivity contribution in [2.45, 2.75) is 50.7 Å². The van der Waals surface area contributed by atoms with E-state index in [4.69, 9.17) is 4.74 Å². The van der Waals surface area contributed by atoms with Crippen LogP contribution in [0, 0.1) is 0 Å². The van der Waals surface area contributed by atoms with E-state index >= 15 is 0 Å². The van der Waals surface area contributed by atoms with Gasteiger partial charge < -0.3 is 14.7 Å².